The van der Waals surface area contributed by atoms with Crippen molar-refractivity contribution in [3.05, 3.63) is 29.8 Å². The number of alkyl halides is 1. The topological polar surface area (TPSA) is 55.4 Å². The maximum Gasteiger partial charge on any atom is 0.234 e. The lowest BCUT2D eigenvalue weighted by molar-refractivity contribution is 0.0913. The Bertz CT molecular complexity index is 457. The van der Waals surface area contributed by atoms with Gasteiger partial charge in [0.05, 0.1) is 18.5 Å². The van der Waals surface area contributed by atoms with Crippen LogP contribution in [0.1, 0.15) is 19.4 Å². The molecule has 0 saturated heterocycles. The van der Waals surface area contributed by atoms with E-state index in [2.05, 4.69) is 4.72 Å². The van der Waals surface area contributed by atoms with Crippen molar-refractivity contribution in [3.63, 3.8) is 0 Å². The summed E-state index contributed by atoms with van der Waals surface area (Å²) < 4.78 is 31.1. The van der Waals surface area contributed by atoms with E-state index in [0.717, 1.165) is 5.56 Å². The molecule has 0 atom stereocenters. The number of anilines is 1. The second-order valence-electron chi connectivity index (χ2n) is 4.17. The largest absolute Gasteiger partial charge is 0.378 e. The van der Waals surface area contributed by atoms with Gasteiger partial charge in [-0.3, -0.25) is 4.72 Å². The zero-order valence-electron chi connectivity index (χ0n) is 10.5. The summed E-state index contributed by atoms with van der Waals surface area (Å²) in [6.45, 7) is 3.92. The van der Waals surface area contributed by atoms with Crippen molar-refractivity contribution in [2.45, 2.75) is 25.8 Å². The van der Waals surface area contributed by atoms with E-state index in [1.54, 1.807) is 24.3 Å². The number of nitrogens with one attached hydrogen (secondary N) is 1. The number of hydrogen-bond donors (Lipinski definition) is 1. The Morgan fingerprint density at radius 3 is 2.39 bits per heavy atom. The van der Waals surface area contributed by atoms with Crippen LogP contribution in [0.3, 0.4) is 0 Å². The van der Waals surface area contributed by atoms with Gasteiger partial charge in [-0.2, -0.15) is 0 Å². The predicted molar refractivity (Wildman–Crippen MR) is 74.5 cm³/mol. The Labute approximate surface area is 113 Å². The van der Waals surface area contributed by atoms with E-state index in [4.69, 9.17) is 16.3 Å². The fourth-order valence-corrected chi connectivity index (χ4v) is 2.38. The van der Waals surface area contributed by atoms with Crippen molar-refractivity contribution in [3.8, 4) is 0 Å². The Morgan fingerprint density at radius 1 is 1.28 bits per heavy atom. The van der Waals surface area contributed by atoms with Gasteiger partial charge in [-0.1, -0.05) is 12.1 Å². The highest BCUT2D eigenvalue weighted by Gasteiger charge is 2.10. The quantitative estimate of drug-likeness (QED) is 0.786. The summed E-state index contributed by atoms with van der Waals surface area (Å²) in [5, 5.41) is 0. The van der Waals surface area contributed by atoms with Gasteiger partial charge in [-0.15, -0.1) is 11.6 Å². The van der Waals surface area contributed by atoms with Crippen LogP contribution in [0.15, 0.2) is 24.3 Å². The van der Waals surface area contributed by atoms with E-state index in [-0.39, 0.29) is 18.5 Å². The van der Waals surface area contributed by atoms with Gasteiger partial charge in [-0.25, -0.2) is 8.42 Å². The van der Waals surface area contributed by atoms with Gasteiger partial charge in [0.1, 0.15) is 0 Å². The lowest BCUT2D eigenvalue weighted by atomic mass is 10.2. The predicted octanol–water partition coefficient (Wildman–Crippen LogP) is 2.59. The van der Waals surface area contributed by atoms with Gasteiger partial charge in [-0.05, 0) is 31.5 Å². The van der Waals surface area contributed by atoms with Crippen LogP contribution < -0.4 is 4.72 Å². The fraction of sp³-hybridized carbons (Fsp3) is 0.500. The lowest BCUT2D eigenvalue weighted by Gasteiger charge is -2.10. The SMILES string of the molecule is CC(C)OCCS(=O)(=O)Nc1ccc(CCl)cc1. The minimum atomic E-state index is -3.36. The minimum Gasteiger partial charge on any atom is -0.378 e. The summed E-state index contributed by atoms with van der Waals surface area (Å²) in [5.41, 5.74) is 1.48. The lowest BCUT2D eigenvalue weighted by Crippen LogP contribution is -2.21. The van der Waals surface area contributed by atoms with E-state index in [9.17, 15) is 8.42 Å². The Balaban J connectivity index is 2.53. The number of sulfonamides is 1. The first-order chi connectivity index (χ1) is 8.43. The number of ether oxygens (including phenoxy) is 1. The molecule has 0 bridgehead atoms. The van der Waals surface area contributed by atoms with Crippen molar-refractivity contribution < 1.29 is 13.2 Å². The smallest absolute Gasteiger partial charge is 0.234 e. The van der Waals surface area contributed by atoms with Crippen molar-refractivity contribution in [1.29, 1.82) is 0 Å². The monoisotopic (exact) mass is 291 g/mol. The highest BCUT2D eigenvalue weighted by atomic mass is 35.5. The number of benzene rings is 1. The average molecular weight is 292 g/mol. The van der Waals surface area contributed by atoms with Gasteiger partial charge in [0.25, 0.3) is 0 Å². The number of halogens is 1. The molecule has 0 aromatic heterocycles. The molecule has 0 amide bonds. The first-order valence-corrected chi connectivity index (χ1v) is 7.88. The Hall–Kier alpha value is -0.780. The van der Waals surface area contributed by atoms with E-state index in [1.807, 2.05) is 13.8 Å². The van der Waals surface area contributed by atoms with Crippen LogP contribution >= 0.6 is 11.6 Å². The third kappa shape index (κ3) is 5.71. The maximum atomic E-state index is 11.7. The zero-order valence-corrected chi connectivity index (χ0v) is 12.1. The minimum absolute atomic E-state index is 0.0307. The molecule has 4 nitrogen and oxygen atoms in total. The first kappa shape index (κ1) is 15.3. The molecule has 0 aliphatic carbocycles. The molecule has 0 heterocycles. The van der Waals surface area contributed by atoms with Crippen molar-refractivity contribution in [1.82, 2.24) is 0 Å². The summed E-state index contributed by atoms with van der Waals surface area (Å²) in [7, 11) is -3.36. The first-order valence-electron chi connectivity index (χ1n) is 5.70. The normalized spacial score (nSPS) is 11.8. The van der Waals surface area contributed by atoms with Gasteiger partial charge < -0.3 is 4.74 Å². The molecule has 1 rings (SSSR count). The molecule has 1 aromatic carbocycles. The van der Waals surface area contributed by atoms with Gasteiger partial charge >= 0.3 is 0 Å². The second-order valence-corrected chi connectivity index (χ2v) is 6.28. The van der Waals surface area contributed by atoms with Crippen LogP contribution in [0.2, 0.25) is 0 Å². The Kier molecular flexibility index (Phi) is 5.91. The van der Waals surface area contributed by atoms with Gasteiger partial charge in [0.2, 0.25) is 10.0 Å². The maximum absolute atomic E-state index is 11.7. The van der Waals surface area contributed by atoms with E-state index < -0.39 is 10.0 Å². The molecule has 0 aliphatic rings. The number of rotatable bonds is 7. The van der Waals surface area contributed by atoms with E-state index >= 15 is 0 Å². The molecular formula is C12H18ClNO3S. The molecule has 0 unspecified atom stereocenters. The van der Waals surface area contributed by atoms with Crippen LogP contribution in [-0.4, -0.2) is 26.9 Å². The molecule has 0 aliphatic heterocycles. The fourth-order valence-electron chi connectivity index (χ4n) is 1.29. The Morgan fingerprint density at radius 2 is 1.89 bits per heavy atom. The average Bonchev–Trinajstić information content (AvgIpc) is 2.28. The highest BCUT2D eigenvalue weighted by molar-refractivity contribution is 7.92. The molecule has 1 aromatic rings. The molecule has 102 valence electrons. The third-order valence-electron chi connectivity index (χ3n) is 2.18. The molecular weight excluding hydrogens is 274 g/mol. The van der Waals surface area contributed by atoms with Crippen LogP contribution in [-0.2, 0) is 20.6 Å². The van der Waals surface area contributed by atoms with Gasteiger partial charge in [0, 0.05) is 11.6 Å². The highest BCUT2D eigenvalue weighted by Crippen LogP contribution is 2.12. The molecule has 0 radical (unpaired) electrons. The van der Waals surface area contributed by atoms with Crippen LogP contribution in [0.25, 0.3) is 0 Å². The van der Waals surface area contributed by atoms with Crippen LogP contribution in [0, 0.1) is 0 Å². The van der Waals surface area contributed by atoms with Gasteiger partial charge in [0.15, 0.2) is 0 Å². The van der Waals surface area contributed by atoms with Crippen molar-refractivity contribution >= 4 is 27.3 Å². The van der Waals surface area contributed by atoms with Crippen LogP contribution in [0.5, 0.6) is 0 Å². The number of hydrogen-bond acceptors (Lipinski definition) is 3. The molecule has 0 spiro atoms. The summed E-state index contributed by atoms with van der Waals surface area (Å²) in [6, 6.07) is 6.96. The molecule has 1 N–H and O–H groups in total. The summed E-state index contributed by atoms with van der Waals surface area (Å²) in [6.07, 6.45) is 0.0307. The molecule has 0 saturated carbocycles. The van der Waals surface area contributed by atoms with E-state index in [1.165, 1.54) is 0 Å². The van der Waals surface area contributed by atoms with Crippen LogP contribution in [0.4, 0.5) is 5.69 Å². The molecule has 0 fully saturated rings. The third-order valence-corrected chi connectivity index (χ3v) is 3.74. The molecule has 6 heteroatoms. The van der Waals surface area contributed by atoms with Crippen molar-refractivity contribution in [2.24, 2.45) is 0 Å². The summed E-state index contributed by atoms with van der Waals surface area (Å²) in [5.74, 6) is 0.359. The van der Waals surface area contributed by atoms with E-state index in [0.29, 0.717) is 11.6 Å². The second kappa shape index (κ2) is 6.97. The summed E-state index contributed by atoms with van der Waals surface area (Å²) >= 11 is 5.66. The molecule has 18 heavy (non-hydrogen) atoms. The zero-order chi connectivity index (χ0) is 13.6. The summed E-state index contributed by atoms with van der Waals surface area (Å²) in [4.78, 5) is 0. The van der Waals surface area contributed by atoms with Crippen molar-refractivity contribution in [2.75, 3.05) is 17.1 Å². The standard InChI is InChI=1S/C12H18ClNO3S/c1-10(2)17-7-8-18(15,16)14-12-5-3-11(9-13)4-6-12/h3-6,10,14H,7-9H2,1-2H3.